The monoisotopic (exact) mass is 295 g/mol. The van der Waals surface area contributed by atoms with Crippen molar-refractivity contribution in [3.05, 3.63) is 27.7 Å². The van der Waals surface area contributed by atoms with Crippen molar-refractivity contribution in [3.8, 4) is 5.75 Å². The smallest absolute Gasteiger partial charge is 0.404 e. The molecule has 1 rings (SSSR count). The maximum absolute atomic E-state index is 12.3. The number of nitrogens with one attached hydrogen (secondary N) is 1. The largest absolute Gasteiger partial charge is 0.573 e. The Morgan fingerprint density at radius 2 is 1.78 bits per heavy atom. The molecule has 0 aromatic carbocycles. The maximum atomic E-state index is 12.3. The Morgan fingerprint density at radius 3 is 2.17 bits per heavy atom. The second-order valence-corrected chi connectivity index (χ2v) is 3.30. The van der Waals surface area contributed by atoms with E-state index >= 15 is 0 Å². The molecule has 0 aliphatic rings. The predicted molar refractivity (Wildman–Crippen MR) is 48.3 cm³/mol. The highest BCUT2D eigenvalue weighted by Gasteiger charge is 2.37. The van der Waals surface area contributed by atoms with Gasteiger partial charge in [0, 0.05) is 6.07 Å². The Hall–Kier alpha value is -1.38. The van der Waals surface area contributed by atoms with Crippen LogP contribution in [-0.4, -0.2) is 11.3 Å². The molecule has 0 aliphatic carbocycles. The molecule has 0 amide bonds. The molecule has 1 aromatic rings. The van der Waals surface area contributed by atoms with Crippen LogP contribution in [0.3, 0.4) is 0 Å². The lowest BCUT2D eigenvalue weighted by molar-refractivity contribution is -0.275. The van der Waals surface area contributed by atoms with Gasteiger partial charge in [-0.25, -0.2) is 0 Å². The summed E-state index contributed by atoms with van der Waals surface area (Å²) in [5.74, 6) is -1.83. The third-order valence-corrected chi connectivity index (χ3v) is 2.01. The van der Waals surface area contributed by atoms with Gasteiger partial charge in [-0.2, -0.15) is 13.2 Å². The SMILES string of the molecule is O=c1[nH]c(CCl)c(OC(F)(F)F)cc1C(F)(F)F. The summed E-state index contributed by atoms with van der Waals surface area (Å²) in [6, 6.07) is -0.0377. The molecule has 1 heterocycles. The number of hydrogen-bond acceptors (Lipinski definition) is 2. The second kappa shape index (κ2) is 4.71. The Balaban J connectivity index is 3.36. The van der Waals surface area contributed by atoms with Gasteiger partial charge in [-0.05, 0) is 0 Å². The number of hydrogen-bond donors (Lipinski definition) is 1. The van der Waals surface area contributed by atoms with E-state index in [2.05, 4.69) is 4.74 Å². The molecule has 0 saturated heterocycles. The van der Waals surface area contributed by atoms with Crippen LogP contribution in [0.1, 0.15) is 11.3 Å². The zero-order valence-electron chi connectivity index (χ0n) is 8.25. The molecule has 0 atom stereocenters. The summed E-state index contributed by atoms with van der Waals surface area (Å²) in [5, 5.41) is 0. The van der Waals surface area contributed by atoms with E-state index in [-0.39, 0.29) is 6.07 Å². The van der Waals surface area contributed by atoms with Crippen LogP contribution in [0.4, 0.5) is 26.3 Å². The quantitative estimate of drug-likeness (QED) is 0.673. The highest BCUT2D eigenvalue weighted by molar-refractivity contribution is 6.17. The van der Waals surface area contributed by atoms with Gasteiger partial charge in [-0.3, -0.25) is 4.79 Å². The number of alkyl halides is 7. The van der Waals surface area contributed by atoms with Crippen molar-refractivity contribution < 1.29 is 31.1 Å². The summed E-state index contributed by atoms with van der Waals surface area (Å²) in [7, 11) is 0. The lowest BCUT2D eigenvalue weighted by Crippen LogP contribution is -2.25. The third kappa shape index (κ3) is 3.56. The van der Waals surface area contributed by atoms with Crippen molar-refractivity contribution in [1.29, 1.82) is 0 Å². The van der Waals surface area contributed by atoms with Crippen LogP contribution in [0, 0.1) is 0 Å². The van der Waals surface area contributed by atoms with E-state index in [0.29, 0.717) is 0 Å². The Bertz CT molecular complexity index is 492. The first kappa shape index (κ1) is 14.7. The average molecular weight is 296 g/mol. The van der Waals surface area contributed by atoms with E-state index in [0.717, 1.165) is 0 Å². The number of halogens is 7. The van der Waals surface area contributed by atoms with Crippen molar-refractivity contribution in [3.63, 3.8) is 0 Å². The van der Waals surface area contributed by atoms with Crippen LogP contribution in [0.25, 0.3) is 0 Å². The second-order valence-electron chi connectivity index (χ2n) is 3.03. The minimum absolute atomic E-state index is 0.0377. The normalized spacial score (nSPS) is 12.6. The van der Waals surface area contributed by atoms with Crippen molar-refractivity contribution in [2.24, 2.45) is 0 Å². The van der Waals surface area contributed by atoms with E-state index in [1.807, 2.05) is 0 Å². The van der Waals surface area contributed by atoms with E-state index in [9.17, 15) is 31.1 Å². The Morgan fingerprint density at radius 1 is 1.22 bits per heavy atom. The summed E-state index contributed by atoms with van der Waals surface area (Å²) < 4.78 is 76.1. The van der Waals surface area contributed by atoms with Crippen molar-refractivity contribution in [2.75, 3.05) is 0 Å². The van der Waals surface area contributed by atoms with Gasteiger partial charge in [0.15, 0.2) is 5.75 Å². The molecule has 10 heteroatoms. The molecule has 0 bridgehead atoms. The first-order valence-corrected chi connectivity index (χ1v) is 4.73. The first-order valence-electron chi connectivity index (χ1n) is 4.19. The van der Waals surface area contributed by atoms with Crippen LogP contribution >= 0.6 is 11.6 Å². The van der Waals surface area contributed by atoms with Gasteiger partial charge in [-0.1, -0.05) is 0 Å². The molecular weight excluding hydrogens is 292 g/mol. The third-order valence-electron chi connectivity index (χ3n) is 1.75. The molecule has 1 aromatic heterocycles. The molecule has 0 saturated carbocycles. The fourth-order valence-electron chi connectivity index (χ4n) is 1.08. The molecule has 0 fully saturated rings. The first-order chi connectivity index (χ1) is 8.04. The fourth-order valence-corrected chi connectivity index (χ4v) is 1.27. The van der Waals surface area contributed by atoms with Gasteiger partial charge in [0.1, 0.15) is 5.56 Å². The Labute approximate surface area is 100 Å². The van der Waals surface area contributed by atoms with Crippen LogP contribution in [0.15, 0.2) is 10.9 Å². The average Bonchev–Trinajstić information content (AvgIpc) is 2.16. The molecule has 102 valence electrons. The molecule has 1 N–H and O–H groups in total. The molecule has 0 unspecified atom stereocenters. The lowest BCUT2D eigenvalue weighted by Gasteiger charge is -2.14. The molecular formula is C8H4ClF6NO2. The van der Waals surface area contributed by atoms with Gasteiger partial charge in [-0.15, -0.1) is 24.8 Å². The summed E-state index contributed by atoms with van der Waals surface area (Å²) in [4.78, 5) is 12.6. The molecule has 0 spiro atoms. The van der Waals surface area contributed by atoms with Gasteiger partial charge >= 0.3 is 12.5 Å². The van der Waals surface area contributed by atoms with Gasteiger partial charge in [0.2, 0.25) is 0 Å². The van der Waals surface area contributed by atoms with Gasteiger partial charge in [0.25, 0.3) is 5.56 Å². The van der Waals surface area contributed by atoms with Crippen molar-refractivity contribution in [1.82, 2.24) is 4.98 Å². The van der Waals surface area contributed by atoms with Crippen LogP contribution in [-0.2, 0) is 12.1 Å². The van der Waals surface area contributed by atoms with Crippen LogP contribution < -0.4 is 10.3 Å². The number of aromatic nitrogens is 1. The predicted octanol–water partition coefficient (Wildman–Crippen LogP) is 3.03. The summed E-state index contributed by atoms with van der Waals surface area (Å²) >= 11 is 5.20. The van der Waals surface area contributed by atoms with E-state index in [1.54, 1.807) is 4.98 Å². The molecule has 0 aliphatic heterocycles. The van der Waals surface area contributed by atoms with Crippen molar-refractivity contribution in [2.45, 2.75) is 18.4 Å². The van der Waals surface area contributed by atoms with Crippen LogP contribution in [0.2, 0.25) is 0 Å². The Kier molecular flexibility index (Phi) is 3.84. The topological polar surface area (TPSA) is 42.1 Å². The van der Waals surface area contributed by atoms with E-state index in [4.69, 9.17) is 11.6 Å². The minimum atomic E-state index is -5.19. The number of H-pyrrole nitrogens is 1. The van der Waals surface area contributed by atoms with E-state index < -0.39 is 41.0 Å². The number of rotatable bonds is 2. The summed E-state index contributed by atoms with van der Waals surface area (Å²) in [6.07, 6.45) is -10.3. The number of ether oxygens (including phenoxy) is 1. The standard InChI is InChI=1S/C8H4ClF6NO2/c9-2-4-5(18-8(13,14)15)1-3(6(17)16-4)7(10,11)12/h1H,2H2,(H,16,17). The molecule has 3 nitrogen and oxygen atoms in total. The zero-order valence-corrected chi connectivity index (χ0v) is 9.00. The zero-order chi connectivity index (χ0) is 14.1. The fraction of sp³-hybridized carbons (Fsp3) is 0.375. The van der Waals surface area contributed by atoms with Crippen molar-refractivity contribution >= 4 is 11.6 Å². The van der Waals surface area contributed by atoms with Crippen LogP contribution in [0.5, 0.6) is 5.75 Å². The minimum Gasteiger partial charge on any atom is -0.404 e. The van der Waals surface area contributed by atoms with Gasteiger partial charge < -0.3 is 9.72 Å². The highest BCUT2D eigenvalue weighted by atomic mass is 35.5. The summed E-state index contributed by atoms with van der Waals surface area (Å²) in [5.41, 5.74) is -3.98. The molecule has 0 radical (unpaired) electrons. The van der Waals surface area contributed by atoms with Gasteiger partial charge in [0.05, 0.1) is 11.6 Å². The lowest BCUT2D eigenvalue weighted by atomic mass is 10.2. The number of aromatic amines is 1. The summed E-state index contributed by atoms with van der Waals surface area (Å²) in [6.45, 7) is 0. The molecule has 18 heavy (non-hydrogen) atoms. The maximum Gasteiger partial charge on any atom is 0.573 e. The number of pyridine rings is 1. The highest BCUT2D eigenvalue weighted by Crippen LogP contribution is 2.32. The van der Waals surface area contributed by atoms with E-state index in [1.165, 1.54) is 0 Å².